The highest BCUT2D eigenvalue weighted by atomic mass is 32.2. The molecule has 3 heteroatoms. The molecule has 0 heterocycles. The summed E-state index contributed by atoms with van der Waals surface area (Å²) in [5.74, 6) is 1.63. The van der Waals surface area contributed by atoms with Gasteiger partial charge in [0.15, 0.2) is 0 Å². The molecule has 0 spiro atoms. The van der Waals surface area contributed by atoms with Crippen molar-refractivity contribution in [3.05, 3.63) is 0 Å². The Bertz CT molecular complexity index is 196. The van der Waals surface area contributed by atoms with E-state index in [4.69, 9.17) is 0 Å². The molecule has 0 aromatic heterocycles. The van der Waals surface area contributed by atoms with E-state index in [0.717, 1.165) is 11.7 Å². The van der Waals surface area contributed by atoms with Crippen molar-refractivity contribution in [1.29, 1.82) is 0 Å². The molecule has 1 N–H and O–H groups in total. The number of hydrogen-bond acceptors (Lipinski definition) is 2. The lowest BCUT2D eigenvalue weighted by molar-refractivity contribution is 0.367. The van der Waals surface area contributed by atoms with Gasteiger partial charge in [0, 0.05) is 34.9 Å². The molecule has 4 unspecified atom stereocenters. The first-order valence-electron chi connectivity index (χ1n) is 5.69. The van der Waals surface area contributed by atoms with E-state index in [1.807, 2.05) is 0 Å². The number of hydrogen-bond donors (Lipinski definition) is 1. The maximum absolute atomic E-state index is 11.1. The van der Waals surface area contributed by atoms with E-state index in [1.165, 1.54) is 25.7 Å². The van der Waals surface area contributed by atoms with Gasteiger partial charge in [0.1, 0.15) is 0 Å². The number of nitrogens with one attached hydrogen (secondary N) is 1. The van der Waals surface area contributed by atoms with Crippen molar-refractivity contribution in [2.24, 2.45) is 5.92 Å². The summed E-state index contributed by atoms with van der Waals surface area (Å²) in [6.07, 6.45) is 7.09. The van der Waals surface area contributed by atoms with Crippen molar-refractivity contribution in [3.8, 4) is 0 Å². The van der Waals surface area contributed by atoms with Crippen LogP contribution in [0.25, 0.3) is 0 Å². The molecule has 1 fully saturated rings. The Balaban J connectivity index is 2.31. The van der Waals surface area contributed by atoms with Gasteiger partial charge in [-0.2, -0.15) is 0 Å². The zero-order valence-corrected chi connectivity index (χ0v) is 10.4. The summed E-state index contributed by atoms with van der Waals surface area (Å²) >= 11 is 0. The van der Waals surface area contributed by atoms with E-state index < -0.39 is 10.8 Å². The van der Waals surface area contributed by atoms with Gasteiger partial charge >= 0.3 is 0 Å². The molecule has 84 valence electrons. The van der Waals surface area contributed by atoms with Crippen LogP contribution in [0.3, 0.4) is 0 Å². The second kappa shape index (κ2) is 5.86. The Kier molecular flexibility index (Phi) is 5.10. The highest BCUT2D eigenvalue weighted by molar-refractivity contribution is 7.84. The first kappa shape index (κ1) is 12.2. The summed E-state index contributed by atoms with van der Waals surface area (Å²) < 4.78 is 11.1. The molecule has 0 aromatic rings. The normalized spacial score (nSPS) is 31.6. The van der Waals surface area contributed by atoms with Crippen molar-refractivity contribution < 1.29 is 4.21 Å². The maximum atomic E-state index is 11.1. The van der Waals surface area contributed by atoms with Crippen molar-refractivity contribution in [3.63, 3.8) is 0 Å². The minimum absolute atomic E-state index is 0.401. The first-order valence-corrected chi connectivity index (χ1v) is 7.42. The van der Waals surface area contributed by atoms with Gasteiger partial charge in [-0.05, 0) is 25.7 Å². The zero-order valence-electron chi connectivity index (χ0n) is 9.58. The van der Waals surface area contributed by atoms with Crippen molar-refractivity contribution in [2.45, 2.75) is 51.6 Å². The molecular weight excluding hydrogens is 194 g/mol. The third-order valence-electron chi connectivity index (χ3n) is 3.17. The van der Waals surface area contributed by atoms with Gasteiger partial charge in [-0.15, -0.1) is 0 Å². The second-order valence-corrected chi connectivity index (χ2v) is 5.99. The third kappa shape index (κ3) is 3.70. The van der Waals surface area contributed by atoms with Gasteiger partial charge in [-0.1, -0.05) is 19.8 Å². The van der Waals surface area contributed by atoms with Crippen LogP contribution in [-0.4, -0.2) is 28.3 Å². The topological polar surface area (TPSA) is 29.1 Å². The highest BCUT2D eigenvalue weighted by Gasteiger charge is 2.26. The molecular formula is C11H23NOS. The summed E-state index contributed by atoms with van der Waals surface area (Å²) in [5, 5.41) is 3.62. The Labute approximate surface area is 90.3 Å². The fraction of sp³-hybridized carbons (Fsp3) is 1.00. The van der Waals surface area contributed by atoms with E-state index in [1.54, 1.807) is 6.26 Å². The van der Waals surface area contributed by atoms with E-state index in [-0.39, 0.29) is 0 Å². The zero-order chi connectivity index (χ0) is 10.6. The average Bonchev–Trinajstić information content (AvgIpc) is 2.50. The van der Waals surface area contributed by atoms with E-state index in [2.05, 4.69) is 19.2 Å². The smallest absolute Gasteiger partial charge is 0.0383 e. The molecule has 1 aliphatic rings. The van der Waals surface area contributed by atoms with Crippen molar-refractivity contribution >= 4 is 10.8 Å². The fourth-order valence-electron chi connectivity index (χ4n) is 2.51. The van der Waals surface area contributed by atoms with Gasteiger partial charge < -0.3 is 5.32 Å². The van der Waals surface area contributed by atoms with Gasteiger partial charge in [0.05, 0.1) is 0 Å². The molecule has 2 nitrogen and oxygen atoms in total. The lowest BCUT2D eigenvalue weighted by Gasteiger charge is -2.23. The van der Waals surface area contributed by atoms with Crippen LogP contribution in [-0.2, 0) is 10.8 Å². The van der Waals surface area contributed by atoms with E-state index >= 15 is 0 Å². The molecule has 0 aliphatic heterocycles. The standard InChI is InChI=1S/C11H23NOS/c1-4-10-6-5-7-11(10)12-9(2)8-14(3)13/h9-12H,4-8H2,1-3H3. The lowest BCUT2D eigenvalue weighted by atomic mass is 10.0. The Morgan fingerprint density at radius 1 is 1.50 bits per heavy atom. The molecule has 4 atom stereocenters. The molecule has 1 aliphatic carbocycles. The van der Waals surface area contributed by atoms with Gasteiger partial charge in [0.25, 0.3) is 0 Å². The summed E-state index contributed by atoms with van der Waals surface area (Å²) in [5.41, 5.74) is 0. The second-order valence-electron chi connectivity index (χ2n) is 4.51. The van der Waals surface area contributed by atoms with Gasteiger partial charge in [-0.25, -0.2) is 0 Å². The molecule has 0 amide bonds. The molecule has 0 radical (unpaired) electrons. The Morgan fingerprint density at radius 2 is 2.21 bits per heavy atom. The van der Waals surface area contributed by atoms with Crippen LogP contribution in [0.4, 0.5) is 0 Å². The largest absolute Gasteiger partial charge is 0.310 e. The van der Waals surface area contributed by atoms with Crippen molar-refractivity contribution in [2.75, 3.05) is 12.0 Å². The van der Waals surface area contributed by atoms with Crippen molar-refractivity contribution in [1.82, 2.24) is 5.32 Å². The van der Waals surface area contributed by atoms with Gasteiger partial charge in [-0.3, -0.25) is 4.21 Å². The lowest BCUT2D eigenvalue weighted by Crippen LogP contribution is -2.41. The summed E-state index contributed by atoms with van der Waals surface area (Å²) in [7, 11) is -0.671. The summed E-state index contributed by atoms with van der Waals surface area (Å²) in [4.78, 5) is 0. The van der Waals surface area contributed by atoms with Crippen LogP contribution in [0.15, 0.2) is 0 Å². The van der Waals surface area contributed by atoms with E-state index in [0.29, 0.717) is 12.1 Å². The Hall–Kier alpha value is 0.110. The monoisotopic (exact) mass is 217 g/mol. The average molecular weight is 217 g/mol. The van der Waals surface area contributed by atoms with Crippen LogP contribution < -0.4 is 5.32 Å². The van der Waals surface area contributed by atoms with Crippen LogP contribution in [0, 0.1) is 5.92 Å². The molecule has 1 rings (SSSR count). The highest BCUT2D eigenvalue weighted by Crippen LogP contribution is 2.28. The van der Waals surface area contributed by atoms with Crippen LogP contribution in [0.2, 0.25) is 0 Å². The molecule has 0 aromatic carbocycles. The minimum Gasteiger partial charge on any atom is -0.310 e. The quantitative estimate of drug-likeness (QED) is 0.762. The summed E-state index contributed by atoms with van der Waals surface area (Å²) in [6.45, 7) is 4.42. The molecule has 1 saturated carbocycles. The fourth-order valence-corrected chi connectivity index (χ4v) is 3.31. The molecule has 0 saturated heterocycles. The maximum Gasteiger partial charge on any atom is 0.0383 e. The predicted octanol–water partition coefficient (Wildman–Crippen LogP) is 1.92. The van der Waals surface area contributed by atoms with Crippen LogP contribution in [0.5, 0.6) is 0 Å². The first-order chi connectivity index (χ1) is 6.63. The van der Waals surface area contributed by atoms with Crippen LogP contribution in [0.1, 0.15) is 39.5 Å². The van der Waals surface area contributed by atoms with E-state index in [9.17, 15) is 4.21 Å². The third-order valence-corrected chi connectivity index (χ3v) is 4.14. The molecule has 14 heavy (non-hydrogen) atoms. The molecule has 0 bridgehead atoms. The predicted molar refractivity (Wildman–Crippen MR) is 63.0 cm³/mol. The summed E-state index contributed by atoms with van der Waals surface area (Å²) in [6, 6.07) is 1.08. The SMILES string of the molecule is CCC1CCCC1NC(C)CS(C)=O. The van der Waals surface area contributed by atoms with Crippen LogP contribution >= 0.6 is 0 Å². The minimum atomic E-state index is -0.671. The van der Waals surface area contributed by atoms with Gasteiger partial charge in [0.2, 0.25) is 0 Å². The Morgan fingerprint density at radius 3 is 2.79 bits per heavy atom. The number of rotatable bonds is 5.